The van der Waals surface area contributed by atoms with E-state index >= 15 is 0 Å². The van der Waals surface area contributed by atoms with E-state index in [0.29, 0.717) is 19.5 Å². The number of hydrogen-bond donors (Lipinski definition) is 2. The van der Waals surface area contributed by atoms with Crippen molar-refractivity contribution >= 4 is 11.9 Å². The average molecular weight is 214 g/mol. The quantitative estimate of drug-likeness (QED) is 0.654. The van der Waals surface area contributed by atoms with Gasteiger partial charge in [0, 0.05) is 26.6 Å². The first-order valence-corrected chi connectivity index (χ1v) is 5.19. The molecule has 0 saturated heterocycles. The van der Waals surface area contributed by atoms with Gasteiger partial charge in [-0.2, -0.15) is 0 Å². The van der Waals surface area contributed by atoms with E-state index in [1.165, 1.54) is 0 Å². The summed E-state index contributed by atoms with van der Waals surface area (Å²) in [6.45, 7) is 0.891. The molecule has 0 spiro atoms. The van der Waals surface area contributed by atoms with Crippen molar-refractivity contribution in [2.45, 2.75) is 25.7 Å². The molecule has 3 N–H and O–H groups in total. The van der Waals surface area contributed by atoms with Crippen molar-refractivity contribution in [1.29, 1.82) is 0 Å². The number of carbonyl (C=O) groups is 2. The molecule has 0 bridgehead atoms. The highest BCUT2D eigenvalue weighted by Gasteiger charge is 2.49. The molecule has 1 rings (SSSR count). The first-order valence-electron chi connectivity index (χ1n) is 5.19. The van der Waals surface area contributed by atoms with E-state index in [0.717, 1.165) is 12.8 Å². The van der Waals surface area contributed by atoms with Crippen LogP contribution >= 0.6 is 0 Å². The molecular formula is C10H18N2O3. The lowest BCUT2D eigenvalue weighted by Gasteiger charge is -2.22. The summed E-state index contributed by atoms with van der Waals surface area (Å²) in [4.78, 5) is 23.7. The predicted octanol–water partition coefficient (Wildman–Crippen LogP) is 0.0485. The normalized spacial score (nSPS) is 17.2. The highest BCUT2D eigenvalue weighted by atomic mass is 16.4. The molecule has 0 radical (unpaired) electrons. The Morgan fingerprint density at radius 1 is 1.47 bits per heavy atom. The van der Waals surface area contributed by atoms with Crippen LogP contribution in [0.5, 0.6) is 0 Å². The van der Waals surface area contributed by atoms with E-state index in [1.54, 1.807) is 11.9 Å². The Bertz CT molecular complexity index is 261. The van der Waals surface area contributed by atoms with Gasteiger partial charge in [0.2, 0.25) is 5.91 Å². The molecule has 15 heavy (non-hydrogen) atoms. The molecule has 1 fully saturated rings. The summed E-state index contributed by atoms with van der Waals surface area (Å²) >= 11 is 0. The smallest absolute Gasteiger partial charge is 0.303 e. The van der Waals surface area contributed by atoms with Crippen molar-refractivity contribution < 1.29 is 14.7 Å². The monoisotopic (exact) mass is 214 g/mol. The fourth-order valence-corrected chi connectivity index (χ4v) is 1.63. The molecule has 0 aromatic heterocycles. The Labute approximate surface area is 89.2 Å². The molecule has 0 aromatic carbocycles. The number of nitrogens with zero attached hydrogens (tertiary/aromatic N) is 1. The third kappa shape index (κ3) is 2.92. The Kier molecular flexibility index (Phi) is 3.68. The average Bonchev–Trinajstić information content (AvgIpc) is 2.96. The first-order chi connectivity index (χ1) is 7.02. The molecule has 86 valence electrons. The standard InChI is InChI=1S/C10H18N2O3/c1-12(6-2-3-8(13)14)9(15)10(7-11)4-5-10/h2-7,11H2,1H3,(H,13,14). The summed E-state index contributed by atoms with van der Waals surface area (Å²) in [6, 6.07) is 0. The molecule has 5 nitrogen and oxygen atoms in total. The van der Waals surface area contributed by atoms with E-state index in [-0.39, 0.29) is 17.7 Å². The predicted molar refractivity (Wildman–Crippen MR) is 55.2 cm³/mol. The van der Waals surface area contributed by atoms with Crippen LogP contribution in [-0.4, -0.2) is 42.0 Å². The van der Waals surface area contributed by atoms with Crippen LogP contribution in [0.2, 0.25) is 0 Å². The van der Waals surface area contributed by atoms with Gasteiger partial charge in [-0.1, -0.05) is 0 Å². The molecule has 1 aliphatic carbocycles. The van der Waals surface area contributed by atoms with Crippen molar-refractivity contribution in [1.82, 2.24) is 4.90 Å². The fraction of sp³-hybridized carbons (Fsp3) is 0.800. The van der Waals surface area contributed by atoms with E-state index < -0.39 is 5.97 Å². The van der Waals surface area contributed by atoms with Crippen molar-refractivity contribution in [3.8, 4) is 0 Å². The highest BCUT2D eigenvalue weighted by Crippen LogP contribution is 2.45. The number of carboxylic acids is 1. The van der Waals surface area contributed by atoms with Crippen molar-refractivity contribution in [2.75, 3.05) is 20.1 Å². The minimum atomic E-state index is -0.823. The van der Waals surface area contributed by atoms with Crippen LogP contribution in [0.3, 0.4) is 0 Å². The summed E-state index contributed by atoms with van der Waals surface area (Å²) in [7, 11) is 1.71. The molecule has 0 atom stereocenters. The summed E-state index contributed by atoms with van der Waals surface area (Å²) in [5, 5.41) is 8.46. The van der Waals surface area contributed by atoms with Crippen LogP contribution in [0.4, 0.5) is 0 Å². The van der Waals surface area contributed by atoms with Gasteiger partial charge in [0.1, 0.15) is 0 Å². The number of hydrogen-bond acceptors (Lipinski definition) is 3. The maximum Gasteiger partial charge on any atom is 0.303 e. The molecule has 0 aliphatic heterocycles. The molecule has 0 heterocycles. The second-order valence-corrected chi connectivity index (χ2v) is 4.21. The van der Waals surface area contributed by atoms with Crippen LogP contribution in [0, 0.1) is 5.41 Å². The number of aliphatic carboxylic acids is 1. The van der Waals surface area contributed by atoms with Gasteiger partial charge < -0.3 is 15.7 Å². The van der Waals surface area contributed by atoms with Crippen LogP contribution in [-0.2, 0) is 9.59 Å². The summed E-state index contributed by atoms with van der Waals surface area (Å²) < 4.78 is 0. The van der Waals surface area contributed by atoms with Gasteiger partial charge in [-0.3, -0.25) is 9.59 Å². The SMILES string of the molecule is CN(CCCC(=O)O)C(=O)C1(CN)CC1. The largest absolute Gasteiger partial charge is 0.481 e. The number of carboxylic acid groups (broad SMARTS) is 1. The lowest BCUT2D eigenvalue weighted by molar-refractivity contribution is -0.139. The minimum Gasteiger partial charge on any atom is -0.481 e. The van der Waals surface area contributed by atoms with Gasteiger partial charge in [0.25, 0.3) is 0 Å². The highest BCUT2D eigenvalue weighted by molar-refractivity contribution is 5.85. The van der Waals surface area contributed by atoms with E-state index in [2.05, 4.69) is 0 Å². The second-order valence-electron chi connectivity index (χ2n) is 4.21. The summed E-state index contributed by atoms with van der Waals surface area (Å²) in [5.74, 6) is -0.758. The van der Waals surface area contributed by atoms with Crippen molar-refractivity contribution in [3.63, 3.8) is 0 Å². The summed E-state index contributed by atoms with van der Waals surface area (Å²) in [5.41, 5.74) is 5.22. The first kappa shape index (κ1) is 12.0. The van der Waals surface area contributed by atoms with E-state index in [4.69, 9.17) is 10.8 Å². The molecule has 1 saturated carbocycles. The lowest BCUT2D eigenvalue weighted by atomic mass is 10.1. The van der Waals surface area contributed by atoms with E-state index in [1.807, 2.05) is 0 Å². The van der Waals surface area contributed by atoms with E-state index in [9.17, 15) is 9.59 Å². The molecule has 5 heteroatoms. The zero-order valence-electron chi connectivity index (χ0n) is 9.03. The van der Waals surface area contributed by atoms with Gasteiger partial charge in [-0.25, -0.2) is 0 Å². The minimum absolute atomic E-state index is 0.0652. The van der Waals surface area contributed by atoms with Gasteiger partial charge >= 0.3 is 5.97 Å². The Hall–Kier alpha value is -1.10. The summed E-state index contributed by atoms with van der Waals surface area (Å²) in [6.07, 6.45) is 2.34. The molecule has 0 aromatic rings. The van der Waals surface area contributed by atoms with Crippen LogP contribution < -0.4 is 5.73 Å². The van der Waals surface area contributed by atoms with Crippen molar-refractivity contribution in [3.05, 3.63) is 0 Å². The number of rotatable bonds is 6. The molecular weight excluding hydrogens is 196 g/mol. The second kappa shape index (κ2) is 4.61. The molecule has 1 amide bonds. The van der Waals surface area contributed by atoms with Gasteiger partial charge in [-0.05, 0) is 19.3 Å². The third-order valence-corrected chi connectivity index (χ3v) is 2.93. The maximum absolute atomic E-state index is 11.8. The number of amides is 1. The third-order valence-electron chi connectivity index (χ3n) is 2.93. The topological polar surface area (TPSA) is 83.6 Å². The van der Waals surface area contributed by atoms with Crippen LogP contribution in [0.15, 0.2) is 0 Å². The Morgan fingerprint density at radius 2 is 2.07 bits per heavy atom. The number of carbonyl (C=O) groups excluding carboxylic acids is 1. The van der Waals surface area contributed by atoms with Crippen molar-refractivity contribution in [2.24, 2.45) is 11.1 Å². The van der Waals surface area contributed by atoms with Crippen LogP contribution in [0.1, 0.15) is 25.7 Å². The van der Waals surface area contributed by atoms with Gasteiger partial charge in [-0.15, -0.1) is 0 Å². The van der Waals surface area contributed by atoms with Gasteiger partial charge in [0.05, 0.1) is 5.41 Å². The molecule has 0 unspecified atom stereocenters. The number of nitrogens with two attached hydrogens (primary N) is 1. The maximum atomic E-state index is 11.8. The fourth-order valence-electron chi connectivity index (χ4n) is 1.63. The zero-order chi connectivity index (χ0) is 11.5. The van der Waals surface area contributed by atoms with Gasteiger partial charge in [0.15, 0.2) is 0 Å². The lowest BCUT2D eigenvalue weighted by Crippen LogP contribution is -2.38. The Balaban J connectivity index is 2.31. The molecule has 1 aliphatic rings. The van der Waals surface area contributed by atoms with Crippen LogP contribution in [0.25, 0.3) is 0 Å². The Morgan fingerprint density at radius 3 is 2.47 bits per heavy atom. The zero-order valence-corrected chi connectivity index (χ0v) is 9.03.